The number of allylic oxidation sites excluding steroid dienone is 6. The fraction of sp³-hybridized carbons (Fsp3) is 0.500. The molecule has 0 aromatic carbocycles. The van der Waals surface area contributed by atoms with Crippen molar-refractivity contribution in [2.75, 3.05) is 7.11 Å². The molecule has 0 saturated carbocycles. The van der Waals surface area contributed by atoms with Crippen LogP contribution in [0.15, 0.2) is 48.1 Å². The fourth-order valence-electron chi connectivity index (χ4n) is 2.19. The van der Waals surface area contributed by atoms with Crippen LogP contribution in [0.3, 0.4) is 0 Å². The standard InChI is InChI=1S/C15H20O3.C3H6.C2H6/c1-10(7-15(17)18-4)5-6-14-11(2)8-13(16)9-12(14)3;1-3-2;1-2/h5-8,12,14H,9H2,1-4H3;3H,1H2,2H3;1-2H3/b6-5+,10-7+;;. The average molecular weight is 320 g/mol. The summed E-state index contributed by atoms with van der Waals surface area (Å²) < 4.78 is 4.56. The van der Waals surface area contributed by atoms with Gasteiger partial charge in [0.05, 0.1) is 7.11 Å². The molecule has 3 nitrogen and oxygen atoms in total. The van der Waals surface area contributed by atoms with Gasteiger partial charge in [-0.05, 0) is 38.3 Å². The molecule has 0 saturated heterocycles. The number of hydrogen-bond donors (Lipinski definition) is 0. The zero-order valence-corrected chi connectivity index (χ0v) is 15.7. The van der Waals surface area contributed by atoms with Gasteiger partial charge in [-0.1, -0.05) is 44.6 Å². The van der Waals surface area contributed by atoms with E-state index in [-0.39, 0.29) is 17.7 Å². The monoisotopic (exact) mass is 320 g/mol. The van der Waals surface area contributed by atoms with Gasteiger partial charge in [-0.25, -0.2) is 4.79 Å². The molecule has 0 aromatic heterocycles. The summed E-state index contributed by atoms with van der Waals surface area (Å²) in [7, 11) is 1.36. The maximum Gasteiger partial charge on any atom is 0.330 e. The van der Waals surface area contributed by atoms with E-state index >= 15 is 0 Å². The molecule has 23 heavy (non-hydrogen) atoms. The van der Waals surface area contributed by atoms with Crippen LogP contribution in [0.5, 0.6) is 0 Å². The predicted molar refractivity (Wildman–Crippen MR) is 98.2 cm³/mol. The van der Waals surface area contributed by atoms with Gasteiger partial charge in [-0.3, -0.25) is 4.79 Å². The third-order valence-electron chi connectivity index (χ3n) is 3.16. The van der Waals surface area contributed by atoms with Crippen molar-refractivity contribution in [3.8, 4) is 0 Å². The van der Waals surface area contributed by atoms with Gasteiger partial charge >= 0.3 is 5.97 Å². The summed E-state index contributed by atoms with van der Waals surface area (Å²) in [6, 6.07) is 0. The SMILES string of the molecule is C=CC.CC.COC(=O)/C=C(C)/C=C/C1C(C)=CC(=O)CC1C. The van der Waals surface area contributed by atoms with Crippen molar-refractivity contribution in [3.63, 3.8) is 0 Å². The zero-order valence-electron chi connectivity index (χ0n) is 15.7. The van der Waals surface area contributed by atoms with Crippen molar-refractivity contribution in [3.05, 3.63) is 48.1 Å². The Balaban J connectivity index is 0. The van der Waals surface area contributed by atoms with Gasteiger partial charge in [0.2, 0.25) is 0 Å². The molecular weight excluding hydrogens is 288 g/mol. The van der Waals surface area contributed by atoms with Crippen LogP contribution in [0.4, 0.5) is 0 Å². The lowest BCUT2D eigenvalue weighted by Gasteiger charge is -2.25. The summed E-state index contributed by atoms with van der Waals surface area (Å²) in [6.07, 6.45) is 9.47. The summed E-state index contributed by atoms with van der Waals surface area (Å²) in [6.45, 7) is 15.1. The Kier molecular flexibility index (Phi) is 14.0. The number of carbonyl (C=O) groups excluding carboxylic acids is 2. The number of esters is 1. The average Bonchev–Trinajstić information content (AvgIpc) is 2.48. The van der Waals surface area contributed by atoms with Crippen molar-refractivity contribution in [1.82, 2.24) is 0 Å². The molecule has 0 amide bonds. The van der Waals surface area contributed by atoms with Crippen molar-refractivity contribution < 1.29 is 14.3 Å². The molecule has 0 aromatic rings. The largest absolute Gasteiger partial charge is 0.466 e. The van der Waals surface area contributed by atoms with Crippen molar-refractivity contribution >= 4 is 11.8 Å². The Morgan fingerprint density at radius 1 is 1.39 bits per heavy atom. The quantitative estimate of drug-likeness (QED) is 0.316. The van der Waals surface area contributed by atoms with Crippen LogP contribution in [0.2, 0.25) is 0 Å². The molecular formula is C20H32O3. The minimum atomic E-state index is -0.351. The van der Waals surface area contributed by atoms with E-state index in [1.807, 2.05) is 40.7 Å². The smallest absolute Gasteiger partial charge is 0.330 e. The number of ether oxygens (including phenoxy) is 1. The third-order valence-corrected chi connectivity index (χ3v) is 3.16. The Hall–Kier alpha value is -1.90. The van der Waals surface area contributed by atoms with Gasteiger partial charge in [0, 0.05) is 18.4 Å². The van der Waals surface area contributed by atoms with Crippen molar-refractivity contribution in [2.24, 2.45) is 11.8 Å². The van der Waals surface area contributed by atoms with Crippen molar-refractivity contribution in [1.29, 1.82) is 0 Å². The summed E-state index contributed by atoms with van der Waals surface area (Å²) in [5.41, 5.74) is 1.93. The third kappa shape index (κ3) is 10.5. The van der Waals surface area contributed by atoms with E-state index in [4.69, 9.17) is 0 Å². The molecule has 130 valence electrons. The molecule has 0 aliphatic heterocycles. The van der Waals surface area contributed by atoms with E-state index in [1.165, 1.54) is 13.2 Å². The molecule has 0 fully saturated rings. The lowest BCUT2D eigenvalue weighted by Crippen LogP contribution is -2.20. The first-order valence-electron chi connectivity index (χ1n) is 8.08. The number of ketones is 1. The minimum absolute atomic E-state index is 0.200. The van der Waals surface area contributed by atoms with E-state index in [0.29, 0.717) is 12.3 Å². The van der Waals surface area contributed by atoms with E-state index in [2.05, 4.69) is 24.3 Å². The molecule has 0 spiro atoms. The maximum absolute atomic E-state index is 11.4. The zero-order chi connectivity index (χ0) is 18.4. The molecule has 3 heteroatoms. The second-order valence-electron chi connectivity index (χ2n) is 5.24. The Morgan fingerprint density at radius 3 is 2.35 bits per heavy atom. The highest BCUT2D eigenvalue weighted by Crippen LogP contribution is 2.29. The first-order chi connectivity index (χ1) is 10.8. The fourth-order valence-corrected chi connectivity index (χ4v) is 2.19. The lowest BCUT2D eigenvalue weighted by molar-refractivity contribution is -0.134. The molecule has 0 N–H and O–H groups in total. The highest BCUT2D eigenvalue weighted by atomic mass is 16.5. The van der Waals surface area contributed by atoms with Crippen LogP contribution in [0.25, 0.3) is 0 Å². The van der Waals surface area contributed by atoms with Gasteiger partial charge in [-0.15, -0.1) is 6.58 Å². The van der Waals surface area contributed by atoms with Crippen molar-refractivity contribution in [2.45, 2.75) is 48.0 Å². The van der Waals surface area contributed by atoms with Crippen LogP contribution < -0.4 is 0 Å². The molecule has 0 heterocycles. The maximum atomic E-state index is 11.4. The summed E-state index contributed by atoms with van der Waals surface area (Å²) >= 11 is 0. The van der Waals surface area contributed by atoms with Crippen LogP contribution in [0.1, 0.15) is 48.0 Å². The first kappa shape index (κ1) is 23.4. The van der Waals surface area contributed by atoms with Gasteiger partial charge in [-0.2, -0.15) is 0 Å². The number of methoxy groups -OCH3 is 1. The Labute approximate surface area is 141 Å². The molecule has 1 rings (SSSR count). The first-order valence-corrected chi connectivity index (χ1v) is 8.08. The highest BCUT2D eigenvalue weighted by molar-refractivity contribution is 5.91. The van der Waals surface area contributed by atoms with Crippen LogP contribution in [-0.4, -0.2) is 18.9 Å². The molecule has 1 aliphatic rings. The Morgan fingerprint density at radius 2 is 1.91 bits per heavy atom. The van der Waals surface area contributed by atoms with E-state index in [1.54, 1.807) is 12.2 Å². The Bertz CT molecular complexity index is 467. The lowest BCUT2D eigenvalue weighted by atomic mass is 9.79. The van der Waals surface area contributed by atoms with Gasteiger partial charge in [0.1, 0.15) is 0 Å². The highest BCUT2D eigenvalue weighted by Gasteiger charge is 2.23. The van der Waals surface area contributed by atoms with E-state index < -0.39 is 0 Å². The number of carbonyl (C=O) groups is 2. The van der Waals surface area contributed by atoms with Crippen LogP contribution in [-0.2, 0) is 14.3 Å². The van der Waals surface area contributed by atoms with E-state index in [0.717, 1.165) is 11.1 Å². The van der Waals surface area contributed by atoms with Gasteiger partial charge in [0.15, 0.2) is 5.78 Å². The summed E-state index contributed by atoms with van der Waals surface area (Å²) in [5.74, 6) is 0.427. The van der Waals surface area contributed by atoms with E-state index in [9.17, 15) is 9.59 Å². The van der Waals surface area contributed by atoms with Gasteiger partial charge in [0.25, 0.3) is 0 Å². The molecule has 1 aliphatic carbocycles. The second kappa shape index (κ2) is 13.7. The predicted octanol–water partition coefficient (Wildman–Crippen LogP) is 5.05. The second-order valence-corrected chi connectivity index (χ2v) is 5.24. The minimum Gasteiger partial charge on any atom is -0.466 e. The molecule has 0 radical (unpaired) electrons. The number of hydrogen-bond acceptors (Lipinski definition) is 3. The molecule has 0 bridgehead atoms. The molecule has 2 unspecified atom stereocenters. The topological polar surface area (TPSA) is 43.4 Å². The van der Waals surface area contributed by atoms with Gasteiger partial charge < -0.3 is 4.74 Å². The molecule has 2 atom stereocenters. The summed E-state index contributed by atoms with van der Waals surface area (Å²) in [4.78, 5) is 22.4. The normalized spacial score (nSPS) is 20.6. The number of rotatable bonds is 3. The summed E-state index contributed by atoms with van der Waals surface area (Å²) in [5, 5.41) is 0. The van der Waals surface area contributed by atoms with Crippen LogP contribution in [0, 0.1) is 11.8 Å². The van der Waals surface area contributed by atoms with Crippen LogP contribution >= 0.6 is 0 Å².